The van der Waals surface area contributed by atoms with Gasteiger partial charge in [-0.15, -0.1) is 11.3 Å². The molecule has 0 spiro atoms. The Morgan fingerprint density at radius 1 is 1.12 bits per heavy atom. The zero-order valence-corrected chi connectivity index (χ0v) is 9.24. The van der Waals surface area contributed by atoms with E-state index in [0.29, 0.717) is 5.82 Å². The highest BCUT2D eigenvalue weighted by Gasteiger charge is 2.02. The third-order valence-electron chi connectivity index (χ3n) is 2.44. The second-order valence-electron chi connectivity index (χ2n) is 3.52. The predicted octanol–water partition coefficient (Wildman–Crippen LogP) is 2.94. The molecule has 4 heteroatoms. The lowest BCUT2D eigenvalue weighted by Crippen LogP contribution is -1.89. The van der Waals surface area contributed by atoms with Crippen LogP contribution in [-0.4, -0.2) is 9.97 Å². The Morgan fingerprint density at radius 2 is 2.06 bits per heavy atom. The first-order valence-electron chi connectivity index (χ1n) is 4.88. The van der Waals surface area contributed by atoms with Gasteiger partial charge in [-0.25, -0.2) is 9.97 Å². The largest absolute Gasteiger partial charge is 0.384 e. The minimum atomic E-state index is 0.550. The van der Waals surface area contributed by atoms with E-state index < -0.39 is 0 Å². The van der Waals surface area contributed by atoms with E-state index in [0.717, 1.165) is 22.2 Å². The summed E-state index contributed by atoms with van der Waals surface area (Å²) in [7, 11) is 0. The first-order valence-corrected chi connectivity index (χ1v) is 5.82. The van der Waals surface area contributed by atoms with Crippen LogP contribution in [0.5, 0.6) is 0 Å². The maximum absolute atomic E-state index is 5.63. The monoisotopic (exact) mass is 227 g/mol. The summed E-state index contributed by atoms with van der Waals surface area (Å²) in [6.07, 6.45) is 0. The number of hydrogen-bond donors (Lipinski definition) is 1. The molecule has 0 aliphatic heterocycles. The number of aromatic nitrogens is 2. The molecule has 0 saturated heterocycles. The van der Waals surface area contributed by atoms with Gasteiger partial charge in [-0.1, -0.05) is 6.07 Å². The Balaban J connectivity index is 2.20. The Morgan fingerprint density at radius 3 is 2.88 bits per heavy atom. The highest BCUT2D eigenvalue weighted by molar-refractivity contribution is 7.07. The molecule has 3 aromatic rings. The zero-order valence-electron chi connectivity index (χ0n) is 8.42. The molecule has 3 nitrogen and oxygen atoms in total. The summed E-state index contributed by atoms with van der Waals surface area (Å²) in [6, 6.07) is 9.86. The Bertz CT molecular complexity index is 632. The lowest BCUT2D eigenvalue weighted by Gasteiger charge is -2.01. The lowest BCUT2D eigenvalue weighted by molar-refractivity contribution is 1.39. The van der Waals surface area contributed by atoms with Gasteiger partial charge in [-0.3, -0.25) is 0 Å². The van der Waals surface area contributed by atoms with Gasteiger partial charge in [0.25, 0.3) is 0 Å². The van der Waals surface area contributed by atoms with Crippen LogP contribution < -0.4 is 5.73 Å². The molecule has 1 aromatic carbocycles. The van der Waals surface area contributed by atoms with Crippen LogP contribution in [0.25, 0.3) is 22.2 Å². The number of nitrogens with two attached hydrogens (primary N) is 1. The van der Waals surface area contributed by atoms with Crippen LogP contribution in [0.3, 0.4) is 0 Å². The van der Waals surface area contributed by atoms with Crippen molar-refractivity contribution < 1.29 is 0 Å². The van der Waals surface area contributed by atoms with Crippen LogP contribution >= 0.6 is 11.3 Å². The van der Waals surface area contributed by atoms with Crippen molar-refractivity contribution in [2.75, 3.05) is 5.73 Å². The number of thiazole rings is 1. The molecule has 0 aliphatic rings. The van der Waals surface area contributed by atoms with E-state index in [2.05, 4.69) is 16.0 Å². The standard InChI is InChI=1S/C12H9N3S/c13-12-4-2-8-5-9(1-3-10(8)15-12)11-6-16-7-14-11/h1-7H,(H2,13,15). The summed E-state index contributed by atoms with van der Waals surface area (Å²) in [5, 5.41) is 3.12. The van der Waals surface area contributed by atoms with E-state index in [9.17, 15) is 0 Å². The van der Waals surface area contributed by atoms with Gasteiger partial charge in [0, 0.05) is 16.3 Å². The van der Waals surface area contributed by atoms with Crippen LogP contribution in [0.15, 0.2) is 41.2 Å². The fraction of sp³-hybridized carbons (Fsp3) is 0. The van der Waals surface area contributed by atoms with E-state index >= 15 is 0 Å². The maximum Gasteiger partial charge on any atom is 0.124 e. The molecule has 0 atom stereocenters. The van der Waals surface area contributed by atoms with E-state index in [1.807, 2.05) is 35.2 Å². The summed E-state index contributed by atoms with van der Waals surface area (Å²) in [5.41, 5.74) is 10.5. The van der Waals surface area contributed by atoms with Crippen LogP contribution in [0.1, 0.15) is 0 Å². The summed E-state index contributed by atoms with van der Waals surface area (Å²) in [5.74, 6) is 0.550. The van der Waals surface area contributed by atoms with Crippen LogP contribution in [0, 0.1) is 0 Å². The number of fused-ring (bicyclic) bond motifs is 1. The lowest BCUT2D eigenvalue weighted by atomic mass is 10.1. The smallest absolute Gasteiger partial charge is 0.124 e. The first kappa shape index (κ1) is 9.30. The molecule has 0 saturated carbocycles. The fourth-order valence-corrected chi connectivity index (χ4v) is 2.22. The normalized spacial score (nSPS) is 10.8. The van der Waals surface area contributed by atoms with Gasteiger partial charge in [-0.05, 0) is 24.3 Å². The second-order valence-corrected chi connectivity index (χ2v) is 4.24. The molecule has 16 heavy (non-hydrogen) atoms. The van der Waals surface area contributed by atoms with Gasteiger partial charge in [0.05, 0.1) is 16.7 Å². The molecule has 3 rings (SSSR count). The molecule has 2 aromatic heterocycles. The van der Waals surface area contributed by atoms with E-state index in [1.165, 1.54) is 0 Å². The second kappa shape index (κ2) is 3.57. The zero-order chi connectivity index (χ0) is 11.0. The van der Waals surface area contributed by atoms with Crippen molar-refractivity contribution in [3.63, 3.8) is 0 Å². The molecule has 0 amide bonds. The van der Waals surface area contributed by atoms with Crippen molar-refractivity contribution in [3.05, 3.63) is 41.2 Å². The molecule has 2 N–H and O–H groups in total. The number of nitrogens with zero attached hydrogens (tertiary/aromatic N) is 2. The van der Waals surface area contributed by atoms with Crippen molar-refractivity contribution in [2.24, 2.45) is 0 Å². The third kappa shape index (κ3) is 1.53. The highest BCUT2D eigenvalue weighted by atomic mass is 32.1. The molecule has 0 aliphatic carbocycles. The third-order valence-corrected chi connectivity index (χ3v) is 3.03. The predicted molar refractivity (Wildman–Crippen MR) is 67.3 cm³/mol. The van der Waals surface area contributed by atoms with Gasteiger partial charge in [-0.2, -0.15) is 0 Å². The van der Waals surface area contributed by atoms with E-state index in [1.54, 1.807) is 11.3 Å². The Labute approximate surface area is 96.6 Å². The van der Waals surface area contributed by atoms with Crippen molar-refractivity contribution >= 4 is 28.1 Å². The quantitative estimate of drug-likeness (QED) is 0.695. The topological polar surface area (TPSA) is 51.8 Å². The molecule has 0 unspecified atom stereocenters. The van der Waals surface area contributed by atoms with Gasteiger partial charge in [0.15, 0.2) is 0 Å². The number of hydrogen-bond acceptors (Lipinski definition) is 4. The Kier molecular flexibility index (Phi) is 2.08. The number of pyridine rings is 1. The average molecular weight is 227 g/mol. The summed E-state index contributed by atoms with van der Waals surface area (Å²) in [4.78, 5) is 8.54. The number of anilines is 1. The number of nitrogen functional groups attached to an aromatic ring is 1. The summed E-state index contributed by atoms with van der Waals surface area (Å²) >= 11 is 1.60. The maximum atomic E-state index is 5.63. The van der Waals surface area contributed by atoms with Crippen molar-refractivity contribution in [1.29, 1.82) is 0 Å². The van der Waals surface area contributed by atoms with Gasteiger partial charge in [0.1, 0.15) is 5.82 Å². The van der Waals surface area contributed by atoms with Crippen LogP contribution in [0.2, 0.25) is 0 Å². The molecular formula is C12H9N3S. The number of benzene rings is 1. The highest BCUT2D eigenvalue weighted by Crippen LogP contribution is 2.23. The van der Waals surface area contributed by atoms with Crippen molar-refractivity contribution in [2.45, 2.75) is 0 Å². The van der Waals surface area contributed by atoms with Crippen LogP contribution in [-0.2, 0) is 0 Å². The van der Waals surface area contributed by atoms with E-state index in [4.69, 9.17) is 5.73 Å². The molecule has 78 valence electrons. The SMILES string of the molecule is Nc1ccc2cc(-c3cscn3)ccc2n1. The van der Waals surface area contributed by atoms with E-state index in [-0.39, 0.29) is 0 Å². The summed E-state index contributed by atoms with van der Waals surface area (Å²) in [6.45, 7) is 0. The van der Waals surface area contributed by atoms with Gasteiger partial charge >= 0.3 is 0 Å². The molecule has 0 radical (unpaired) electrons. The summed E-state index contributed by atoms with van der Waals surface area (Å²) < 4.78 is 0. The molecule has 0 bridgehead atoms. The molecule has 0 fully saturated rings. The minimum Gasteiger partial charge on any atom is -0.384 e. The first-order chi connectivity index (χ1) is 7.83. The van der Waals surface area contributed by atoms with Gasteiger partial charge in [0.2, 0.25) is 0 Å². The molecule has 2 heterocycles. The van der Waals surface area contributed by atoms with Crippen molar-refractivity contribution in [1.82, 2.24) is 9.97 Å². The number of rotatable bonds is 1. The Hall–Kier alpha value is -1.94. The average Bonchev–Trinajstić information content (AvgIpc) is 2.82. The van der Waals surface area contributed by atoms with Crippen LogP contribution in [0.4, 0.5) is 5.82 Å². The van der Waals surface area contributed by atoms with Crippen molar-refractivity contribution in [3.8, 4) is 11.3 Å². The minimum absolute atomic E-state index is 0.550. The van der Waals surface area contributed by atoms with Gasteiger partial charge < -0.3 is 5.73 Å². The molecular weight excluding hydrogens is 218 g/mol. The fourth-order valence-electron chi connectivity index (χ4n) is 1.66.